The van der Waals surface area contributed by atoms with E-state index in [1.54, 1.807) is 13.8 Å². The number of carbonyl (C=O) groups is 1. The van der Waals surface area contributed by atoms with E-state index in [1.165, 1.54) is 0 Å². The average molecular weight is 173 g/mol. The Bertz CT molecular complexity index is 190. The van der Waals surface area contributed by atoms with Crippen molar-refractivity contribution >= 4 is 5.97 Å². The molecule has 0 aliphatic rings. The van der Waals surface area contributed by atoms with Gasteiger partial charge in [-0.2, -0.15) is 0 Å². The van der Waals surface area contributed by atoms with E-state index in [4.69, 9.17) is 11.0 Å². The molecule has 0 bridgehead atoms. The molecule has 3 N–H and O–H groups in total. The third kappa shape index (κ3) is 2.64. The zero-order valence-electron chi connectivity index (χ0n) is 7.63. The van der Waals surface area contributed by atoms with E-state index < -0.39 is 12.1 Å². The minimum absolute atomic E-state index is 0.250. The van der Waals surface area contributed by atoms with E-state index in [0.717, 1.165) is 5.57 Å². The van der Waals surface area contributed by atoms with Crippen molar-refractivity contribution in [3.8, 4) is 0 Å². The Morgan fingerprint density at radius 1 is 1.58 bits per heavy atom. The molecule has 0 aromatic heterocycles. The normalized spacial score (nSPS) is 12.3. The van der Waals surface area contributed by atoms with Gasteiger partial charge in [0.1, 0.15) is 6.10 Å². The second kappa shape index (κ2) is 4.90. The van der Waals surface area contributed by atoms with Gasteiger partial charge >= 0.3 is 5.97 Å². The monoisotopic (exact) mass is 173 g/mol. The van der Waals surface area contributed by atoms with Crippen molar-refractivity contribution < 1.29 is 14.7 Å². The third-order valence-electron chi connectivity index (χ3n) is 1.63. The molecule has 0 rings (SSSR count). The van der Waals surface area contributed by atoms with E-state index in [2.05, 4.69) is 4.84 Å². The smallest absolute Gasteiger partial charge is 0.334 e. The standard InChI is InChI=1S/C8H15NO3/c1-4-6(12-9)7(5(2)3)8(10)11/h6H,4,9H2,1-3H3,(H,10,11). The average Bonchev–Trinajstić information content (AvgIpc) is 1.98. The van der Waals surface area contributed by atoms with Crippen molar-refractivity contribution in [2.75, 3.05) is 0 Å². The van der Waals surface area contributed by atoms with E-state index in [-0.39, 0.29) is 5.57 Å². The zero-order chi connectivity index (χ0) is 9.72. The number of rotatable bonds is 4. The van der Waals surface area contributed by atoms with Crippen molar-refractivity contribution in [1.29, 1.82) is 0 Å². The molecule has 4 heteroatoms. The summed E-state index contributed by atoms with van der Waals surface area (Å²) in [6.45, 7) is 5.28. The molecule has 0 heterocycles. The van der Waals surface area contributed by atoms with Crippen LogP contribution in [-0.2, 0) is 9.63 Å². The van der Waals surface area contributed by atoms with Crippen molar-refractivity contribution in [3.63, 3.8) is 0 Å². The number of hydrogen-bond acceptors (Lipinski definition) is 3. The van der Waals surface area contributed by atoms with Crippen molar-refractivity contribution in [2.45, 2.75) is 33.3 Å². The van der Waals surface area contributed by atoms with Gasteiger partial charge < -0.3 is 5.11 Å². The van der Waals surface area contributed by atoms with Gasteiger partial charge in [-0.1, -0.05) is 12.5 Å². The fraction of sp³-hybridized carbons (Fsp3) is 0.625. The molecule has 70 valence electrons. The maximum Gasteiger partial charge on any atom is 0.334 e. The summed E-state index contributed by atoms with van der Waals surface area (Å²) in [6, 6.07) is 0. The molecular formula is C8H15NO3. The van der Waals surface area contributed by atoms with Crippen LogP contribution in [0.25, 0.3) is 0 Å². The van der Waals surface area contributed by atoms with Gasteiger partial charge in [0.2, 0.25) is 0 Å². The number of hydrogen-bond donors (Lipinski definition) is 2. The molecule has 0 aromatic rings. The molecule has 0 spiro atoms. The fourth-order valence-electron chi connectivity index (χ4n) is 1.04. The highest BCUT2D eigenvalue weighted by atomic mass is 16.6. The first-order valence-electron chi connectivity index (χ1n) is 3.80. The molecule has 0 saturated heterocycles. The lowest BCUT2D eigenvalue weighted by molar-refractivity contribution is -0.134. The van der Waals surface area contributed by atoms with Crippen molar-refractivity contribution in [1.82, 2.24) is 0 Å². The number of allylic oxidation sites excluding steroid dienone is 1. The van der Waals surface area contributed by atoms with Gasteiger partial charge in [-0.05, 0) is 20.3 Å². The summed E-state index contributed by atoms with van der Waals surface area (Å²) in [5, 5.41) is 8.78. The highest BCUT2D eigenvalue weighted by Gasteiger charge is 2.20. The van der Waals surface area contributed by atoms with E-state index in [9.17, 15) is 4.79 Å². The highest BCUT2D eigenvalue weighted by molar-refractivity contribution is 5.88. The van der Waals surface area contributed by atoms with Crippen LogP contribution in [0.3, 0.4) is 0 Å². The number of carboxylic acids is 1. The Morgan fingerprint density at radius 2 is 2.08 bits per heavy atom. The summed E-state index contributed by atoms with van der Waals surface area (Å²) in [5.41, 5.74) is 0.972. The second-order valence-corrected chi connectivity index (χ2v) is 2.75. The van der Waals surface area contributed by atoms with Crippen LogP contribution in [0.15, 0.2) is 11.1 Å². The Kier molecular flexibility index (Phi) is 4.54. The summed E-state index contributed by atoms with van der Waals surface area (Å²) in [5.74, 6) is 4.00. The van der Waals surface area contributed by atoms with Crippen LogP contribution in [0.1, 0.15) is 27.2 Å². The van der Waals surface area contributed by atoms with E-state index in [1.807, 2.05) is 6.92 Å². The van der Waals surface area contributed by atoms with Gasteiger partial charge in [0.25, 0.3) is 0 Å². The van der Waals surface area contributed by atoms with Crippen LogP contribution in [-0.4, -0.2) is 17.2 Å². The van der Waals surface area contributed by atoms with Crippen LogP contribution < -0.4 is 5.90 Å². The molecule has 1 atom stereocenters. The number of aliphatic carboxylic acids is 1. The lowest BCUT2D eigenvalue weighted by Gasteiger charge is -2.14. The molecule has 1 unspecified atom stereocenters. The Labute approximate surface area is 72.0 Å². The molecular weight excluding hydrogens is 158 g/mol. The first-order valence-corrected chi connectivity index (χ1v) is 3.80. The van der Waals surface area contributed by atoms with Crippen LogP contribution >= 0.6 is 0 Å². The van der Waals surface area contributed by atoms with Gasteiger partial charge in [0.15, 0.2) is 0 Å². The largest absolute Gasteiger partial charge is 0.478 e. The summed E-state index contributed by atoms with van der Waals surface area (Å²) < 4.78 is 0. The SMILES string of the molecule is CCC(ON)C(C(=O)O)=C(C)C. The van der Waals surface area contributed by atoms with Gasteiger partial charge in [-0.3, -0.25) is 4.84 Å². The van der Waals surface area contributed by atoms with E-state index >= 15 is 0 Å². The molecule has 0 aliphatic heterocycles. The van der Waals surface area contributed by atoms with Crippen molar-refractivity contribution in [2.24, 2.45) is 5.90 Å². The van der Waals surface area contributed by atoms with Crippen LogP contribution in [0.2, 0.25) is 0 Å². The highest BCUT2D eigenvalue weighted by Crippen LogP contribution is 2.13. The zero-order valence-corrected chi connectivity index (χ0v) is 7.63. The quantitative estimate of drug-likeness (QED) is 0.492. The third-order valence-corrected chi connectivity index (χ3v) is 1.63. The molecule has 0 radical (unpaired) electrons. The van der Waals surface area contributed by atoms with Crippen LogP contribution in [0, 0.1) is 0 Å². The van der Waals surface area contributed by atoms with Crippen LogP contribution in [0.4, 0.5) is 0 Å². The minimum Gasteiger partial charge on any atom is -0.478 e. The van der Waals surface area contributed by atoms with Gasteiger partial charge in [-0.15, -0.1) is 0 Å². The molecule has 4 nitrogen and oxygen atoms in total. The number of carboxylic acid groups (broad SMARTS) is 1. The second-order valence-electron chi connectivity index (χ2n) is 2.75. The summed E-state index contributed by atoms with van der Waals surface area (Å²) >= 11 is 0. The fourth-order valence-corrected chi connectivity index (χ4v) is 1.04. The molecule has 12 heavy (non-hydrogen) atoms. The summed E-state index contributed by atoms with van der Waals surface area (Å²) in [4.78, 5) is 15.3. The lowest BCUT2D eigenvalue weighted by atomic mass is 10.0. The molecule has 0 fully saturated rings. The summed E-state index contributed by atoms with van der Waals surface area (Å²) in [6.07, 6.45) is 0.0519. The Balaban J connectivity index is 4.74. The predicted octanol–water partition coefficient (Wildman–Crippen LogP) is 1.08. The first-order chi connectivity index (χ1) is 5.54. The van der Waals surface area contributed by atoms with Crippen LogP contribution in [0.5, 0.6) is 0 Å². The first kappa shape index (κ1) is 11.1. The molecule has 0 aliphatic carbocycles. The maximum atomic E-state index is 10.7. The molecule has 0 aromatic carbocycles. The molecule has 0 saturated carbocycles. The summed E-state index contributed by atoms with van der Waals surface area (Å²) in [7, 11) is 0. The van der Waals surface area contributed by atoms with Gasteiger partial charge in [0, 0.05) is 0 Å². The maximum absolute atomic E-state index is 10.7. The Hall–Kier alpha value is -0.870. The van der Waals surface area contributed by atoms with E-state index in [0.29, 0.717) is 6.42 Å². The Morgan fingerprint density at radius 3 is 2.17 bits per heavy atom. The topological polar surface area (TPSA) is 72.5 Å². The molecule has 0 amide bonds. The van der Waals surface area contributed by atoms with Crippen molar-refractivity contribution in [3.05, 3.63) is 11.1 Å². The minimum atomic E-state index is -0.965. The lowest BCUT2D eigenvalue weighted by Crippen LogP contribution is -2.24. The van der Waals surface area contributed by atoms with Gasteiger partial charge in [0.05, 0.1) is 5.57 Å². The van der Waals surface area contributed by atoms with Gasteiger partial charge in [-0.25, -0.2) is 10.7 Å². The predicted molar refractivity (Wildman–Crippen MR) is 45.4 cm³/mol. The number of nitrogens with two attached hydrogens (primary N) is 1.